The van der Waals surface area contributed by atoms with Gasteiger partial charge in [-0.1, -0.05) is 57.4 Å². The van der Waals surface area contributed by atoms with Crippen molar-refractivity contribution in [1.82, 2.24) is 4.90 Å². The number of hydrogen-bond donors (Lipinski definition) is 1. The zero-order valence-corrected chi connectivity index (χ0v) is 16.4. The molecule has 144 valence electrons. The van der Waals surface area contributed by atoms with Crippen LogP contribution >= 0.6 is 0 Å². The largest absolute Gasteiger partial charge is 0.494 e. The maximum atomic E-state index is 13.1. The van der Waals surface area contributed by atoms with E-state index in [1.165, 1.54) is 12.8 Å². The van der Waals surface area contributed by atoms with Gasteiger partial charge in [-0.15, -0.1) is 0 Å². The van der Waals surface area contributed by atoms with Crippen molar-refractivity contribution in [2.45, 2.75) is 52.1 Å². The molecule has 2 aromatic rings. The van der Waals surface area contributed by atoms with Crippen LogP contribution in [0, 0.1) is 0 Å². The predicted molar refractivity (Wildman–Crippen MR) is 110 cm³/mol. The zero-order valence-electron chi connectivity index (χ0n) is 16.4. The normalized spacial score (nSPS) is 16.0. The molecule has 0 aliphatic carbocycles. The first kappa shape index (κ1) is 19.3. The van der Waals surface area contributed by atoms with E-state index < -0.39 is 0 Å². The lowest BCUT2D eigenvalue weighted by Crippen LogP contribution is -2.43. The molecule has 2 aromatic carbocycles. The molecule has 1 aliphatic rings. The van der Waals surface area contributed by atoms with Gasteiger partial charge in [-0.3, -0.25) is 4.79 Å². The summed E-state index contributed by atoms with van der Waals surface area (Å²) in [6, 6.07) is 15.9. The number of unbranched alkanes of at least 4 members (excludes halogenated alkanes) is 3. The molecule has 0 fully saturated rings. The van der Waals surface area contributed by atoms with E-state index in [-0.39, 0.29) is 12.1 Å². The highest BCUT2D eigenvalue weighted by atomic mass is 16.5. The summed E-state index contributed by atoms with van der Waals surface area (Å²) in [5, 5.41) is 3.56. The summed E-state index contributed by atoms with van der Waals surface area (Å²) >= 11 is 0. The maximum Gasteiger partial charge on any atom is 0.257 e. The molecule has 0 bridgehead atoms. The number of benzene rings is 2. The molecule has 4 nitrogen and oxygen atoms in total. The third-order valence-electron chi connectivity index (χ3n) is 4.97. The summed E-state index contributed by atoms with van der Waals surface area (Å²) in [5.74, 6) is 0.962. The Balaban J connectivity index is 1.83. The smallest absolute Gasteiger partial charge is 0.257 e. The Labute approximate surface area is 162 Å². The number of para-hydroxylation sites is 1. The number of amides is 1. The fraction of sp³-hybridized carbons (Fsp3) is 0.435. The van der Waals surface area contributed by atoms with E-state index in [4.69, 9.17) is 4.74 Å². The molecule has 0 saturated heterocycles. The fourth-order valence-corrected chi connectivity index (χ4v) is 3.43. The minimum atomic E-state index is -0.168. The lowest BCUT2D eigenvalue weighted by molar-refractivity contribution is 0.0680. The Morgan fingerprint density at radius 3 is 2.63 bits per heavy atom. The van der Waals surface area contributed by atoms with Gasteiger partial charge in [0.15, 0.2) is 0 Å². The molecular weight excluding hydrogens is 336 g/mol. The van der Waals surface area contributed by atoms with E-state index in [9.17, 15) is 4.79 Å². The van der Waals surface area contributed by atoms with Gasteiger partial charge in [-0.2, -0.15) is 0 Å². The predicted octanol–water partition coefficient (Wildman–Crippen LogP) is 5.62. The second-order valence-corrected chi connectivity index (χ2v) is 7.07. The molecule has 27 heavy (non-hydrogen) atoms. The van der Waals surface area contributed by atoms with Crippen LogP contribution in [-0.2, 0) is 0 Å². The Bertz CT molecular complexity index is 760. The van der Waals surface area contributed by atoms with Gasteiger partial charge in [-0.25, -0.2) is 0 Å². The number of fused-ring (bicyclic) bond motifs is 1. The molecule has 0 radical (unpaired) electrons. The quantitative estimate of drug-likeness (QED) is 0.585. The molecule has 0 aromatic heterocycles. The minimum Gasteiger partial charge on any atom is -0.494 e. The van der Waals surface area contributed by atoms with Crippen molar-refractivity contribution in [3.8, 4) is 5.75 Å². The summed E-state index contributed by atoms with van der Waals surface area (Å²) in [4.78, 5) is 15.0. The van der Waals surface area contributed by atoms with Gasteiger partial charge >= 0.3 is 0 Å². The number of anilines is 1. The Hall–Kier alpha value is -2.49. The highest BCUT2D eigenvalue weighted by Crippen LogP contribution is 2.34. The van der Waals surface area contributed by atoms with Crippen molar-refractivity contribution in [3.63, 3.8) is 0 Å². The lowest BCUT2D eigenvalue weighted by atomic mass is 10.0. The van der Waals surface area contributed by atoms with Gasteiger partial charge in [0.05, 0.1) is 12.2 Å². The van der Waals surface area contributed by atoms with Crippen LogP contribution in [0.1, 0.15) is 68.0 Å². The summed E-state index contributed by atoms with van der Waals surface area (Å²) < 4.78 is 5.92. The van der Waals surface area contributed by atoms with E-state index in [2.05, 4.69) is 31.3 Å². The van der Waals surface area contributed by atoms with Gasteiger partial charge in [0.2, 0.25) is 0 Å². The first-order chi connectivity index (χ1) is 13.2. The number of nitrogens with zero attached hydrogens (tertiary/aromatic N) is 1. The summed E-state index contributed by atoms with van der Waals surface area (Å²) in [5.41, 5.74) is 2.70. The zero-order chi connectivity index (χ0) is 19.1. The fourth-order valence-electron chi connectivity index (χ4n) is 3.43. The third kappa shape index (κ3) is 4.62. The van der Waals surface area contributed by atoms with E-state index in [1.54, 1.807) is 0 Å². The van der Waals surface area contributed by atoms with E-state index in [0.717, 1.165) is 55.0 Å². The first-order valence-corrected chi connectivity index (χ1v) is 10.1. The average Bonchev–Trinajstić information content (AvgIpc) is 2.71. The minimum absolute atomic E-state index is 0.0945. The van der Waals surface area contributed by atoms with Crippen LogP contribution in [0.15, 0.2) is 48.5 Å². The molecule has 0 spiro atoms. The maximum absolute atomic E-state index is 13.1. The van der Waals surface area contributed by atoms with Crippen molar-refractivity contribution in [2.75, 3.05) is 18.5 Å². The molecule has 1 amide bonds. The van der Waals surface area contributed by atoms with Crippen LogP contribution in [0.2, 0.25) is 0 Å². The molecule has 4 heteroatoms. The number of rotatable bonds is 9. The standard InChI is InChI=1S/C23H30N2O2/c1-3-5-9-16-27-19-12-10-11-18(17-19)22-24-21-14-8-7-13-20(21)23(26)25(22)15-6-4-2/h7-8,10-14,17,22,24H,3-6,9,15-16H2,1-2H3. The average molecular weight is 367 g/mol. The van der Waals surface area contributed by atoms with Crippen molar-refractivity contribution in [2.24, 2.45) is 0 Å². The molecule has 3 rings (SSSR count). The van der Waals surface area contributed by atoms with E-state index in [0.29, 0.717) is 0 Å². The number of carbonyl (C=O) groups is 1. The van der Waals surface area contributed by atoms with E-state index in [1.807, 2.05) is 41.3 Å². The van der Waals surface area contributed by atoms with Crippen molar-refractivity contribution >= 4 is 11.6 Å². The number of hydrogen-bond acceptors (Lipinski definition) is 3. The topological polar surface area (TPSA) is 41.6 Å². The Kier molecular flexibility index (Phi) is 6.74. The van der Waals surface area contributed by atoms with Gasteiger partial charge in [-0.05, 0) is 42.7 Å². The highest BCUT2D eigenvalue weighted by molar-refractivity contribution is 6.01. The second kappa shape index (κ2) is 9.45. The highest BCUT2D eigenvalue weighted by Gasteiger charge is 2.32. The van der Waals surface area contributed by atoms with Gasteiger partial charge < -0.3 is 15.0 Å². The number of ether oxygens (including phenoxy) is 1. The molecule has 1 N–H and O–H groups in total. The van der Waals surface area contributed by atoms with Crippen molar-refractivity contribution in [1.29, 1.82) is 0 Å². The molecule has 1 unspecified atom stereocenters. The van der Waals surface area contributed by atoms with Crippen LogP contribution in [0.5, 0.6) is 5.75 Å². The third-order valence-corrected chi connectivity index (χ3v) is 4.97. The van der Waals surface area contributed by atoms with Crippen LogP contribution in [0.4, 0.5) is 5.69 Å². The van der Waals surface area contributed by atoms with Crippen LogP contribution in [0.3, 0.4) is 0 Å². The van der Waals surface area contributed by atoms with Gasteiger partial charge in [0.1, 0.15) is 11.9 Å². The SMILES string of the molecule is CCCCCOc1cccc(C2Nc3ccccc3C(=O)N2CCCC)c1. The Morgan fingerprint density at radius 2 is 1.81 bits per heavy atom. The van der Waals surface area contributed by atoms with Crippen LogP contribution < -0.4 is 10.1 Å². The number of nitrogens with one attached hydrogen (secondary N) is 1. The summed E-state index contributed by atoms with van der Waals surface area (Å²) in [6.07, 6.45) is 5.30. The summed E-state index contributed by atoms with van der Waals surface area (Å²) in [7, 11) is 0. The van der Waals surface area contributed by atoms with Gasteiger partial charge in [0, 0.05) is 12.2 Å². The summed E-state index contributed by atoms with van der Waals surface area (Å²) in [6.45, 7) is 5.81. The van der Waals surface area contributed by atoms with E-state index >= 15 is 0 Å². The van der Waals surface area contributed by atoms with Crippen molar-refractivity contribution < 1.29 is 9.53 Å². The molecular formula is C23H30N2O2. The molecule has 1 aliphatic heterocycles. The molecule has 1 atom stereocenters. The molecule has 0 saturated carbocycles. The number of carbonyl (C=O) groups excluding carboxylic acids is 1. The monoisotopic (exact) mass is 366 g/mol. The van der Waals surface area contributed by atoms with Gasteiger partial charge in [0.25, 0.3) is 5.91 Å². The van der Waals surface area contributed by atoms with Crippen molar-refractivity contribution in [3.05, 3.63) is 59.7 Å². The van der Waals surface area contributed by atoms with Crippen LogP contribution in [-0.4, -0.2) is 24.0 Å². The first-order valence-electron chi connectivity index (χ1n) is 10.1. The molecule has 1 heterocycles. The lowest BCUT2D eigenvalue weighted by Gasteiger charge is -2.38. The second-order valence-electron chi connectivity index (χ2n) is 7.07. The van der Waals surface area contributed by atoms with Crippen LogP contribution in [0.25, 0.3) is 0 Å². The Morgan fingerprint density at radius 1 is 1.00 bits per heavy atom.